The van der Waals surface area contributed by atoms with Gasteiger partial charge < -0.3 is 10.4 Å². The number of aromatic nitrogens is 1. The summed E-state index contributed by atoms with van der Waals surface area (Å²) in [7, 11) is 0. The summed E-state index contributed by atoms with van der Waals surface area (Å²) in [6.45, 7) is 3.47. The molecule has 7 heteroatoms. The summed E-state index contributed by atoms with van der Waals surface area (Å²) in [5.74, 6) is -1.58. The largest absolute Gasteiger partial charge is 0.481 e. The molecule has 2 N–H and O–H groups in total. The number of aliphatic carboxylic acids is 1. The quantitative estimate of drug-likeness (QED) is 0.849. The first-order valence-electron chi connectivity index (χ1n) is 7.03. The molecule has 0 spiro atoms. The number of carbonyl (C=O) groups is 2. The molecule has 2 aromatic rings. The van der Waals surface area contributed by atoms with Gasteiger partial charge in [-0.3, -0.25) is 9.59 Å². The Labute approximate surface area is 137 Å². The van der Waals surface area contributed by atoms with E-state index in [0.29, 0.717) is 11.4 Å². The molecule has 0 atom stereocenters. The predicted molar refractivity (Wildman–Crippen MR) is 85.9 cm³/mol. The first kappa shape index (κ1) is 17.1. The molecular formula is C16H17FN2O3S. The van der Waals surface area contributed by atoms with E-state index < -0.39 is 11.4 Å². The Morgan fingerprint density at radius 1 is 1.30 bits per heavy atom. The highest BCUT2D eigenvalue weighted by molar-refractivity contribution is 7.13. The van der Waals surface area contributed by atoms with Crippen molar-refractivity contribution in [2.24, 2.45) is 5.41 Å². The van der Waals surface area contributed by atoms with Gasteiger partial charge in [0.15, 0.2) is 0 Å². The van der Waals surface area contributed by atoms with Crippen LogP contribution >= 0.6 is 11.3 Å². The molecule has 1 amide bonds. The summed E-state index contributed by atoms with van der Waals surface area (Å²) in [5.41, 5.74) is 0.110. The van der Waals surface area contributed by atoms with Crippen molar-refractivity contribution in [3.63, 3.8) is 0 Å². The highest BCUT2D eigenvalue weighted by Gasteiger charge is 2.26. The van der Waals surface area contributed by atoms with Crippen LogP contribution in [0.5, 0.6) is 0 Å². The zero-order valence-corrected chi connectivity index (χ0v) is 13.6. The fourth-order valence-corrected chi connectivity index (χ4v) is 2.60. The number of hydrogen-bond acceptors (Lipinski definition) is 4. The number of carboxylic acids is 1. The van der Waals surface area contributed by atoms with E-state index in [0.717, 1.165) is 5.56 Å². The second kappa shape index (κ2) is 6.87. The fraction of sp³-hybridized carbons (Fsp3) is 0.312. The molecule has 0 saturated heterocycles. The molecular weight excluding hydrogens is 319 g/mol. The molecule has 0 aliphatic carbocycles. The molecule has 2 rings (SSSR count). The van der Waals surface area contributed by atoms with Crippen molar-refractivity contribution in [2.75, 3.05) is 6.54 Å². The van der Waals surface area contributed by atoms with Crippen molar-refractivity contribution < 1.29 is 19.1 Å². The zero-order chi connectivity index (χ0) is 17.0. The summed E-state index contributed by atoms with van der Waals surface area (Å²) in [6.07, 6.45) is 0.322. The Balaban J connectivity index is 1.96. The minimum atomic E-state index is -0.904. The van der Waals surface area contributed by atoms with Crippen LogP contribution in [-0.4, -0.2) is 28.5 Å². The lowest BCUT2D eigenvalue weighted by Crippen LogP contribution is -2.32. The highest BCUT2D eigenvalue weighted by Crippen LogP contribution is 2.24. The van der Waals surface area contributed by atoms with Crippen molar-refractivity contribution in [1.82, 2.24) is 10.3 Å². The van der Waals surface area contributed by atoms with Gasteiger partial charge in [-0.2, -0.15) is 0 Å². The number of thiazole rings is 1. The molecule has 0 fully saturated rings. The van der Waals surface area contributed by atoms with E-state index in [1.807, 2.05) is 0 Å². The third kappa shape index (κ3) is 4.35. The van der Waals surface area contributed by atoms with Gasteiger partial charge in [0.1, 0.15) is 16.5 Å². The standard InChI is InChI=1S/C16H17FN2O3S/c1-16(2,15(21)22)7-8-18-13(20)12-9-23-14(19-12)10-3-5-11(17)6-4-10/h3-6,9H,7-8H2,1-2H3,(H,18,20)(H,21,22). The van der Waals surface area contributed by atoms with Gasteiger partial charge in [0, 0.05) is 17.5 Å². The van der Waals surface area contributed by atoms with E-state index in [2.05, 4.69) is 10.3 Å². The van der Waals surface area contributed by atoms with Crippen molar-refractivity contribution in [3.8, 4) is 10.6 Å². The number of rotatable bonds is 6. The number of hydrogen-bond donors (Lipinski definition) is 2. The van der Waals surface area contributed by atoms with Crippen LogP contribution in [0, 0.1) is 11.2 Å². The molecule has 0 aliphatic rings. The fourth-order valence-electron chi connectivity index (χ4n) is 1.79. The van der Waals surface area contributed by atoms with Gasteiger partial charge in [0.05, 0.1) is 5.41 Å². The Kier molecular flexibility index (Phi) is 5.10. The lowest BCUT2D eigenvalue weighted by atomic mass is 9.90. The second-order valence-electron chi connectivity index (χ2n) is 5.74. The minimum absolute atomic E-state index is 0.252. The van der Waals surface area contributed by atoms with E-state index in [1.165, 1.54) is 23.5 Å². The SMILES string of the molecule is CC(C)(CCNC(=O)c1csc(-c2ccc(F)cc2)n1)C(=O)O. The normalized spacial score (nSPS) is 11.3. The van der Waals surface area contributed by atoms with E-state index in [-0.39, 0.29) is 24.0 Å². The smallest absolute Gasteiger partial charge is 0.309 e. The zero-order valence-electron chi connectivity index (χ0n) is 12.8. The molecule has 122 valence electrons. The number of halogens is 1. The maximum Gasteiger partial charge on any atom is 0.309 e. The number of benzene rings is 1. The molecule has 1 heterocycles. The Morgan fingerprint density at radius 3 is 2.57 bits per heavy atom. The van der Waals surface area contributed by atoms with E-state index in [1.54, 1.807) is 31.4 Å². The lowest BCUT2D eigenvalue weighted by molar-refractivity contribution is -0.147. The summed E-state index contributed by atoms with van der Waals surface area (Å²) >= 11 is 1.29. The molecule has 0 radical (unpaired) electrons. The maximum atomic E-state index is 12.9. The molecule has 0 saturated carbocycles. The predicted octanol–water partition coefficient (Wildman–Crippen LogP) is 3.18. The van der Waals surface area contributed by atoms with Crippen LogP contribution in [0.3, 0.4) is 0 Å². The Morgan fingerprint density at radius 2 is 1.96 bits per heavy atom. The average Bonchev–Trinajstić information content (AvgIpc) is 2.97. The average molecular weight is 336 g/mol. The molecule has 1 aromatic carbocycles. The van der Waals surface area contributed by atoms with Crippen LogP contribution in [0.2, 0.25) is 0 Å². The van der Waals surface area contributed by atoms with Crippen molar-refractivity contribution in [2.45, 2.75) is 20.3 Å². The van der Waals surface area contributed by atoms with E-state index in [4.69, 9.17) is 5.11 Å². The number of carbonyl (C=O) groups excluding carboxylic acids is 1. The van der Waals surface area contributed by atoms with Gasteiger partial charge in [-0.15, -0.1) is 11.3 Å². The molecule has 0 unspecified atom stereocenters. The van der Waals surface area contributed by atoms with Gasteiger partial charge in [-0.25, -0.2) is 9.37 Å². The van der Waals surface area contributed by atoms with Crippen LogP contribution < -0.4 is 5.32 Å². The summed E-state index contributed by atoms with van der Waals surface area (Å²) in [5, 5.41) is 13.9. The van der Waals surface area contributed by atoms with Crippen molar-refractivity contribution >= 4 is 23.2 Å². The molecule has 0 bridgehead atoms. The summed E-state index contributed by atoms with van der Waals surface area (Å²) in [6, 6.07) is 5.88. The molecule has 1 aromatic heterocycles. The Bertz CT molecular complexity index is 710. The number of amides is 1. The molecule has 5 nitrogen and oxygen atoms in total. The lowest BCUT2D eigenvalue weighted by Gasteiger charge is -2.18. The van der Waals surface area contributed by atoms with Crippen molar-refractivity contribution in [1.29, 1.82) is 0 Å². The topological polar surface area (TPSA) is 79.3 Å². The van der Waals surface area contributed by atoms with Crippen LogP contribution in [0.15, 0.2) is 29.6 Å². The Hall–Kier alpha value is -2.28. The third-order valence-corrected chi connectivity index (χ3v) is 4.33. The minimum Gasteiger partial charge on any atom is -0.481 e. The monoisotopic (exact) mass is 336 g/mol. The van der Waals surface area contributed by atoms with Gasteiger partial charge in [-0.1, -0.05) is 0 Å². The number of nitrogens with one attached hydrogen (secondary N) is 1. The first-order valence-corrected chi connectivity index (χ1v) is 7.90. The highest BCUT2D eigenvalue weighted by atomic mass is 32.1. The number of nitrogens with zero attached hydrogens (tertiary/aromatic N) is 1. The van der Waals surface area contributed by atoms with Crippen molar-refractivity contribution in [3.05, 3.63) is 41.2 Å². The number of carboxylic acid groups (broad SMARTS) is 1. The van der Waals surface area contributed by atoms with E-state index >= 15 is 0 Å². The summed E-state index contributed by atoms with van der Waals surface area (Å²) < 4.78 is 12.9. The third-order valence-electron chi connectivity index (χ3n) is 3.44. The molecule has 0 aliphatic heterocycles. The van der Waals surface area contributed by atoms with Crippen LogP contribution in [0.25, 0.3) is 10.6 Å². The van der Waals surface area contributed by atoms with Crippen LogP contribution in [0.4, 0.5) is 4.39 Å². The summed E-state index contributed by atoms with van der Waals surface area (Å²) in [4.78, 5) is 27.3. The van der Waals surface area contributed by atoms with Crippen LogP contribution in [0.1, 0.15) is 30.8 Å². The van der Waals surface area contributed by atoms with Gasteiger partial charge in [-0.05, 0) is 44.5 Å². The van der Waals surface area contributed by atoms with Gasteiger partial charge in [0.25, 0.3) is 5.91 Å². The van der Waals surface area contributed by atoms with E-state index in [9.17, 15) is 14.0 Å². The van der Waals surface area contributed by atoms with Gasteiger partial charge in [0.2, 0.25) is 0 Å². The molecule has 23 heavy (non-hydrogen) atoms. The maximum absolute atomic E-state index is 12.9. The van der Waals surface area contributed by atoms with Crippen LogP contribution in [-0.2, 0) is 4.79 Å². The second-order valence-corrected chi connectivity index (χ2v) is 6.60. The van der Waals surface area contributed by atoms with Gasteiger partial charge >= 0.3 is 5.97 Å². The first-order chi connectivity index (χ1) is 10.8.